The van der Waals surface area contributed by atoms with Gasteiger partial charge in [0.1, 0.15) is 0 Å². The average molecular weight is 268 g/mol. The summed E-state index contributed by atoms with van der Waals surface area (Å²) in [5.74, 6) is 0.983. The summed E-state index contributed by atoms with van der Waals surface area (Å²) in [6, 6.07) is 0. The molecule has 1 aliphatic heterocycles. The van der Waals surface area contributed by atoms with Gasteiger partial charge in [-0.3, -0.25) is 0 Å². The number of hydrogen-bond donors (Lipinski definition) is 1. The van der Waals surface area contributed by atoms with Crippen LogP contribution in [0.25, 0.3) is 0 Å². The summed E-state index contributed by atoms with van der Waals surface area (Å²) in [4.78, 5) is 0. The number of nitrogens with one attached hydrogen (secondary N) is 1. The number of hydrogen-bond acceptors (Lipinski definition) is 1. The molecule has 0 aromatic carbocycles. The summed E-state index contributed by atoms with van der Waals surface area (Å²) >= 11 is 0. The van der Waals surface area contributed by atoms with Crippen LogP contribution in [0.4, 0.5) is 0 Å². The molecule has 1 unspecified atom stereocenters. The van der Waals surface area contributed by atoms with Gasteiger partial charge < -0.3 is 5.32 Å². The second-order valence-electron chi connectivity index (χ2n) is 6.54. The van der Waals surface area contributed by atoms with Crippen LogP contribution in [0.5, 0.6) is 0 Å². The molecule has 0 saturated carbocycles. The molecule has 1 heterocycles. The van der Waals surface area contributed by atoms with Crippen molar-refractivity contribution in [3.8, 4) is 0 Å². The standard InChI is InChI=1S/C18H37N/c1-2-3-4-5-6-7-8-9-10-11-14-18-15-12-13-16-19-17-18/h18-19H,2-17H2,1H3. The van der Waals surface area contributed by atoms with E-state index in [4.69, 9.17) is 0 Å². The zero-order chi connectivity index (χ0) is 13.6. The topological polar surface area (TPSA) is 12.0 Å². The highest BCUT2D eigenvalue weighted by Crippen LogP contribution is 2.19. The number of unbranched alkanes of at least 4 members (excludes halogenated alkanes) is 9. The molecule has 0 aromatic rings. The highest BCUT2D eigenvalue weighted by Gasteiger charge is 2.10. The van der Waals surface area contributed by atoms with Gasteiger partial charge >= 0.3 is 0 Å². The van der Waals surface area contributed by atoms with Gasteiger partial charge in [-0.2, -0.15) is 0 Å². The molecule has 1 atom stereocenters. The Bertz CT molecular complexity index is 171. The lowest BCUT2D eigenvalue weighted by Gasteiger charge is -2.13. The fraction of sp³-hybridized carbons (Fsp3) is 1.00. The first-order chi connectivity index (χ1) is 9.43. The van der Waals surface area contributed by atoms with Crippen molar-refractivity contribution in [3.05, 3.63) is 0 Å². The second kappa shape index (κ2) is 13.0. The van der Waals surface area contributed by atoms with Crippen molar-refractivity contribution in [2.24, 2.45) is 5.92 Å². The maximum absolute atomic E-state index is 3.58. The predicted octanol–water partition coefficient (Wildman–Crippen LogP) is 5.69. The van der Waals surface area contributed by atoms with Crippen LogP contribution in [0.3, 0.4) is 0 Å². The van der Waals surface area contributed by atoms with Crippen LogP contribution in [-0.2, 0) is 0 Å². The summed E-state index contributed by atoms with van der Waals surface area (Å²) in [5, 5.41) is 3.58. The van der Waals surface area contributed by atoms with Gasteiger partial charge in [0.25, 0.3) is 0 Å². The van der Waals surface area contributed by atoms with Gasteiger partial charge in [0.2, 0.25) is 0 Å². The first-order valence-corrected chi connectivity index (χ1v) is 9.14. The van der Waals surface area contributed by atoms with E-state index in [-0.39, 0.29) is 0 Å². The highest BCUT2D eigenvalue weighted by molar-refractivity contribution is 4.67. The monoisotopic (exact) mass is 267 g/mol. The second-order valence-corrected chi connectivity index (χ2v) is 6.54. The van der Waals surface area contributed by atoms with Crippen LogP contribution in [-0.4, -0.2) is 13.1 Å². The van der Waals surface area contributed by atoms with Crippen molar-refractivity contribution in [3.63, 3.8) is 0 Å². The van der Waals surface area contributed by atoms with Gasteiger partial charge in [-0.15, -0.1) is 0 Å². The lowest BCUT2D eigenvalue weighted by molar-refractivity contribution is 0.419. The van der Waals surface area contributed by atoms with Crippen LogP contribution in [0.1, 0.15) is 96.8 Å². The molecule has 0 spiro atoms. The van der Waals surface area contributed by atoms with E-state index in [2.05, 4.69) is 12.2 Å². The van der Waals surface area contributed by atoms with Crippen molar-refractivity contribution >= 4 is 0 Å². The maximum atomic E-state index is 3.58. The van der Waals surface area contributed by atoms with Gasteiger partial charge in [0.15, 0.2) is 0 Å². The molecule has 1 fully saturated rings. The third kappa shape index (κ3) is 10.4. The quantitative estimate of drug-likeness (QED) is 0.474. The molecule has 114 valence electrons. The maximum Gasteiger partial charge on any atom is -0.00205 e. The van der Waals surface area contributed by atoms with E-state index < -0.39 is 0 Å². The van der Waals surface area contributed by atoms with Gasteiger partial charge in [0.05, 0.1) is 0 Å². The van der Waals surface area contributed by atoms with Crippen LogP contribution >= 0.6 is 0 Å². The summed E-state index contributed by atoms with van der Waals surface area (Å²) in [7, 11) is 0. The van der Waals surface area contributed by atoms with Crippen molar-refractivity contribution in [1.29, 1.82) is 0 Å². The van der Waals surface area contributed by atoms with E-state index in [1.54, 1.807) is 0 Å². The molecule has 0 bridgehead atoms. The third-order valence-electron chi connectivity index (χ3n) is 4.61. The largest absolute Gasteiger partial charge is 0.316 e. The molecule has 1 saturated heterocycles. The summed E-state index contributed by atoms with van der Waals surface area (Å²) in [6.07, 6.45) is 20.4. The Hall–Kier alpha value is -0.0400. The van der Waals surface area contributed by atoms with Crippen molar-refractivity contribution in [2.75, 3.05) is 13.1 Å². The molecular formula is C18H37N. The average Bonchev–Trinajstić information content (AvgIpc) is 2.69. The Morgan fingerprint density at radius 1 is 0.789 bits per heavy atom. The van der Waals surface area contributed by atoms with E-state index >= 15 is 0 Å². The molecule has 19 heavy (non-hydrogen) atoms. The van der Waals surface area contributed by atoms with Crippen LogP contribution in [0, 0.1) is 5.92 Å². The Morgan fingerprint density at radius 2 is 1.42 bits per heavy atom. The molecule has 1 aliphatic rings. The molecule has 0 amide bonds. The van der Waals surface area contributed by atoms with Crippen molar-refractivity contribution < 1.29 is 0 Å². The summed E-state index contributed by atoms with van der Waals surface area (Å²) < 4.78 is 0. The lowest BCUT2D eigenvalue weighted by Crippen LogP contribution is -2.20. The zero-order valence-electron chi connectivity index (χ0n) is 13.4. The van der Waals surface area contributed by atoms with Crippen molar-refractivity contribution in [2.45, 2.75) is 96.8 Å². The molecule has 0 radical (unpaired) electrons. The minimum Gasteiger partial charge on any atom is -0.316 e. The normalized spacial score (nSPS) is 20.4. The summed E-state index contributed by atoms with van der Waals surface area (Å²) in [6.45, 7) is 4.84. The predicted molar refractivity (Wildman–Crippen MR) is 86.7 cm³/mol. The minimum atomic E-state index is 0.983. The lowest BCUT2D eigenvalue weighted by atomic mass is 9.96. The van der Waals surface area contributed by atoms with E-state index in [1.165, 1.54) is 103 Å². The fourth-order valence-electron chi connectivity index (χ4n) is 3.26. The van der Waals surface area contributed by atoms with E-state index in [1.807, 2.05) is 0 Å². The molecule has 0 aromatic heterocycles. The van der Waals surface area contributed by atoms with E-state index in [0.29, 0.717) is 0 Å². The van der Waals surface area contributed by atoms with Crippen LogP contribution in [0.15, 0.2) is 0 Å². The zero-order valence-corrected chi connectivity index (χ0v) is 13.4. The smallest absolute Gasteiger partial charge is 0.00205 e. The molecule has 1 nitrogen and oxygen atoms in total. The Balaban J connectivity index is 1.78. The van der Waals surface area contributed by atoms with E-state index in [9.17, 15) is 0 Å². The Labute approximate surface area is 121 Å². The minimum absolute atomic E-state index is 0.983. The molecule has 1 rings (SSSR count). The number of rotatable bonds is 11. The fourth-order valence-corrected chi connectivity index (χ4v) is 3.26. The van der Waals surface area contributed by atoms with Gasteiger partial charge in [-0.25, -0.2) is 0 Å². The molecule has 1 heteroatoms. The van der Waals surface area contributed by atoms with Gasteiger partial charge in [-0.05, 0) is 38.3 Å². The third-order valence-corrected chi connectivity index (χ3v) is 4.61. The summed E-state index contributed by atoms with van der Waals surface area (Å²) in [5.41, 5.74) is 0. The van der Waals surface area contributed by atoms with Crippen molar-refractivity contribution in [1.82, 2.24) is 5.32 Å². The Kier molecular flexibility index (Phi) is 11.6. The first kappa shape index (κ1) is 17.0. The SMILES string of the molecule is CCCCCCCCCCCCC1CCCCNC1. The van der Waals surface area contributed by atoms with E-state index in [0.717, 1.165) is 5.92 Å². The van der Waals surface area contributed by atoms with Gasteiger partial charge in [0, 0.05) is 0 Å². The molecule has 1 N–H and O–H groups in total. The van der Waals surface area contributed by atoms with Crippen LogP contribution < -0.4 is 5.32 Å². The van der Waals surface area contributed by atoms with Gasteiger partial charge in [-0.1, -0.05) is 77.6 Å². The highest BCUT2D eigenvalue weighted by atomic mass is 14.9. The first-order valence-electron chi connectivity index (χ1n) is 9.14. The molecular weight excluding hydrogens is 230 g/mol. The molecule has 0 aliphatic carbocycles. The Morgan fingerprint density at radius 3 is 2.11 bits per heavy atom. The van der Waals surface area contributed by atoms with Crippen LogP contribution in [0.2, 0.25) is 0 Å².